The summed E-state index contributed by atoms with van der Waals surface area (Å²) in [6.07, 6.45) is 1.62. The summed E-state index contributed by atoms with van der Waals surface area (Å²) in [5.74, 6) is -0.237. The summed E-state index contributed by atoms with van der Waals surface area (Å²) in [5.41, 5.74) is 0.807. The van der Waals surface area contributed by atoms with Crippen LogP contribution >= 0.6 is 27.5 Å². The number of sulfonamides is 1. The van der Waals surface area contributed by atoms with Gasteiger partial charge in [0.25, 0.3) is 10.0 Å². The van der Waals surface area contributed by atoms with Gasteiger partial charge in [-0.3, -0.25) is 14.5 Å². The molecule has 1 atom stereocenters. The van der Waals surface area contributed by atoms with Crippen LogP contribution in [0.3, 0.4) is 0 Å². The molecule has 0 radical (unpaired) electrons. The van der Waals surface area contributed by atoms with Crippen molar-refractivity contribution in [2.45, 2.75) is 30.7 Å². The van der Waals surface area contributed by atoms with Crippen molar-refractivity contribution in [2.75, 3.05) is 20.2 Å². The van der Waals surface area contributed by atoms with Crippen LogP contribution in [0.25, 0.3) is 0 Å². The highest BCUT2D eigenvalue weighted by atomic mass is 79.9. The van der Waals surface area contributed by atoms with E-state index in [2.05, 4.69) is 15.9 Å². The molecule has 2 heterocycles. The predicted octanol–water partition coefficient (Wildman–Crippen LogP) is 3.61. The Morgan fingerprint density at radius 2 is 1.85 bits per heavy atom. The molecule has 1 saturated heterocycles. The van der Waals surface area contributed by atoms with Crippen molar-refractivity contribution in [3.8, 4) is 5.75 Å². The fraction of sp³-hybridized carbons (Fsp3) is 0.304. The van der Waals surface area contributed by atoms with Crippen LogP contribution in [-0.2, 0) is 26.0 Å². The lowest BCUT2D eigenvalue weighted by molar-refractivity contribution is -0.147. The lowest BCUT2D eigenvalue weighted by Crippen LogP contribution is -2.60. The molecule has 1 fully saturated rings. The van der Waals surface area contributed by atoms with Crippen LogP contribution in [-0.4, -0.2) is 60.6 Å². The number of rotatable bonds is 6. The highest BCUT2D eigenvalue weighted by Crippen LogP contribution is 2.36. The highest BCUT2D eigenvalue weighted by molar-refractivity contribution is 9.10. The summed E-state index contributed by atoms with van der Waals surface area (Å²) < 4.78 is 34.6. The average molecular weight is 569 g/mol. The third-order valence-corrected chi connectivity index (χ3v) is 8.40. The Balaban J connectivity index is 1.80. The zero-order chi connectivity index (χ0) is 24.6. The quantitative estimate of drug-likeness (QED) is 0.531. The number of hydrogen-bond donors (Lipinski definition) is 0. The van der Waals surface area contributed by atoms with E-state index in [1.54, 1.807) is 43.3 Å². The molecule has 2 aromatic rings. The van der Waals surface area contributed by atoms with Gasteiger partial charge in [-0.05, 0) is 42.8 Å². The molecule has 4 rings (SSSR count). The van der Waals surface area contributed by atoms with Gasteiger partial charge in [0.05, 0.1) is 7.11 Å². The zero-order valence-electron chi connectivity index (χ0n) is 18.6. The van der Waals surface area contributed by atoms with Crippen molar-refractivity contribution in [3.63, 3.8) is 0 Å². The van der Waals surface area contributed by atoms with Crippen molar-refractivity contribution < 1.29 is 22.7 Å². The summed E-state index contributed by atoms with van der Waals surface area (Å²) in [7, 11) is -2.71. The Morgan fingerprint density at radius 1 is 1.15 bits per heavy atom. The van der Waals surface area contributed by atoms with Gasteiger partial charge >= 0.3 is 0 Å². The first-order valence-electron chi connectivity index (χ1n) is 10.6. The van der Waals surface area contributed by atoms with E-state index < -0.39 is 16.1 Å². The fourth-order valence-corrected chi connectivity index (χ4v) is 6.40. The van der Waals surface area contributed by atoms with Gasteiger partial charge in [-0.25, -0.2) is 12.7 Å². The number of carbonyl (C=O) groups excluding carboxylic acids is 2. The van der Waals surface area contributed by atoms with Gasteiger partial charge in [0, 0.05) is 41.6 Å². The maximum Gasteiger partial charge on any atom is 0.269 e. The smallest absolute Gasteiger partial charge is 0.269 e. The number of nitrogens with zero attached hydrogens (tertiary/aromatic N) is 3. The number of ether oxygens (including phenoxy) is 1. The van der Waals surface area contributed by atoms with Crippen molar-refractivity contribution in [2.24, 2.45) is 0 Å². The number of amides is 2. The molecule has 0 saturated carbocycles. The average Bonchev–Trinajstić information content (AvgIpc) is 2.81. The van der Waals surface area contributed by atoms with Crippen LogP contribution < -0.4 is 4.74 Å². The maximum atomic E-state index is 13.8. The van der Waals surface area contributed by atoms with E-state index in [9.17, 15) is 18.0 Å². The molecule has 0 aromatic heterocycles. The first kappa shape index (κ1) is 24.6. The van der Waals surface area contributed by atoms with Gasteiger partial charge in [0.1, 0.15) is 22.5 Å². The highest BCUT2D eigenvalue weighted by Gasteiger charge is 2.46. The molecule has 1 unspecified atom stereocenters. The molecule has 0 N–H and O–H groups in total. The first-order chi connectivity index (χ1) is 16.2. The van der Waals surface area contributed by atoms with E-state index in [0.717, 1.165) is 5.56 Å². The number of benzene rings is 2. The zero-order valence-corrected chi connectivity index (χ0v) is 21.7. The molecule has 11 heteroatoms. The molecule has 34 heavy (non-hydrogen) atoms. The van der Waals surface area contributed by atoms with Gasteiger partial charge in [0.15, 0.2) is 0 Å². The van der Waals surface area contributed by atoms with Crippen molar-refractivity contribution in [1.82, 2.24) is 14.1 Å². The molecule has 2 aliphatic rings. The van der Waals surface area contributed by atoms with E-state index >= 15 is 0 Å². The van der Waals surface area contributed by atoms with Crippen LogP contribution in [0.15, 0.2) is 63.9 Å². The second-order valence-corrected chi connectivity index (χ2v) is 11.0. The number of methoxy groups -OCH3 is 1. The molecular weight excluding hydrogens is 546 g/mol. The summed E-state index contributed by atoms with van der Waals surface area (Å²) in [4.78, 5) is 29.0. The number of halogens is 2. The van der Waals surface area contributed by atoms with Gasteiger partial charge in [-0.15, -0.1) is 0 Å². The standard InChI is InChI=1S/C23H23BrClN3O5S/c1-3-26-14-21-27(34(31,32)20-13-16(24)6-9-19(20)33-2)11-10-22(29)28(21)18(23(26)30)12-15-4-7-17(25)8-5-15/h4-9,13-14,18H,3,10-12H2,1-2H3. The van der Waals surface area contributed by atoms with E-state index in [1.165, 1.54) is 33.5 Å². The lowest BCUT2D eigenvalue weighted by Gasteiger charge is -2.46. The molecule has 0 spiro atoms. The molecular formula is C23H23BrClN3O5S. The Morgan fingerprint density at radius 3 is 2.50 bits per heavy atom. The van der Waals surface area contributed by atoms with E-state index in [4.69, 9.17) is 16.3 Å². The topological polar surface area (TPSA) is 87.2 Å². The number of carbonyl (C=O) groups is 2. The van der Waals surface area contributed by atoms with Crippen LogP contribution in [0.2, 0.25) is 5.02 Å². The summed E-state index contributed by atoms with van der Waals surface area (Å²) in [5, 5.41) is 0.559. The normalized spacial score (nSPS) is 18.6. The van der Waals surface area contributed by atoms with E-state index in [0.29, 0.717) is 16.0 Å². The summed E-state index contributed by atoms with van der Waals surface area (Å²) >= 11 is 9.31. The molecule has 0 aliphatic carbocycles. The molecule has 8 nitrogen and oxygen atoms in total. The van der Waals surface area contributed by atoms with Gasteiger partial charge in [-0.1, -0.05) is 39.7 Å². The van der Waals surface area contributed by atoms with Crippen LogP contribution in [0.1, 0.15) is 18.9 Å². The summed E-state index contributed by atoms with van der Waals surface area (Å²) in [6, 6.07) is 10.8. The minimum atomic E-state index is -4.11. The Hall–Kier alpha value is -2.56. The van der Waals surface area contributed by atoms with E-state index in [1.807, 2.05) is 0 Å². The third-order valence-electron chi connectivity index (χ3n) is 5.83. The lowest BCUT2D eigenvalue weighted by atomic mass is 10.0. The number of likely N-dealkylation sites (N-methyl/N-ethyl adjacent to an activating group) is 1. The van der Waals surface area contributed by atoms with Crippen molar-refractivity contribution in [1.29, 1.82) is 0 Å². The van der Waals surface area contributed by atoms with Crippen molar-refractivity contribution >= 4 is 49.4 Å². The minimum absolute atomic E-state index is 0.0335. The van der Waals surface area contributed by atoms with Crippen LogP contribution in [0.5, 0.6) is 5.75 Å². The molecule has 2 aromatic carbocycles. The maximum absolute atomic E-state index is 13.8. The van der Waals surface area contributed by atoms with Gasteiger partial charge < -0.3 is 9.64 Å². The molecule has 2 amide bonds. The second-order valence-electron chi connectivity index (χ2n) is 7.84. The van der Waals surface area contributed by atoms with Gasteiger partial charge in [0.2, 0.25) is 11.8 Å². The molecule has 0 bridgehead atoms. The second kappa shape index (κ2) is 9.59. The Bertz CT molecular complexity index is 1270. The molecule has 2 aliphatic heterocycles. The van der Waals surface area contributed by atoms with Gasteiger partial charge in [-0.2, -0.15) is 0 Å². The number of fused-ring (bicyclic) bond motifs is 1. The minimum Gasteiger partial charge on any atom is -0.495 e. The largest absolute Gasteiger partial charge is 0.495 e. The molecule has 180 valence electrons. The Kier molecular flexibility index (Phi) is 6.93. The third kappa shape index (κ3) is 4.42. The summed E-state index contributed by atoms with van der Waals surface area (Å²) in [6.45, 7) is 2.08. The van der Waals surface area contributed by atoms with Crippen LogP contribution in [0, 0.1) is 0 Å². The fourth-order valence-electron chi connectivity index (χ4n) is 4.13. The van der Waals surface area contributed by atoms with Crippen LogP contribution in [0.4, 0.5) is 0 Å². The predicted molar refractivity (Wildman–Crippen MR) is 130 cm³/mol. The Labute approximate surface area is 211 Å². The van der Waals surface area contributed by atoms with Crippen molar-refractivity contribution in [3.05, 3.63) is 69.5 Å². The van der Waals surface area contributed by atoms with E-state index in [-0.39, 0.29) is 47.7 Å². The SMILES string of the molecule is CCN1C=C2N(C(=O)CCN2S(=O)(=O)c2cc(Br)ccc2OC)C(Cc2ccc(Cl)cc2)C1=O. The first-order valence-corrected chi connectivity index (χ1v) is 13.2. The number of hydrogen-bond acceptors (Lipinski definition) is 5. The monoisotopic (exact) mass is 567 g/mol.